The van der Waals surface area contributed by atoms with Crippen LogP contribution in [0.5, 0.6) is 0 Å². The lowest BCUT2D eigenvalue weighted by Crippen LogP contribution is -2.33. The Kier molecular flexibility index (Phi) is 4.27. The van der Waals surface area contributed by atoms with E-state index in [1.807, 2.05) is 23.9 Å². The van der Waals surface area contributed by atoms with Gasteiger partial charge in [-0.1, -0.05) is 22.0 Å². The molecule has 1 aliphatic heterocycles. The number of nitrogens with two attached hydrogens (primary N) is 1. The molecule has 0 aromatic heterocycles. The van der Waals surface area contributed by atoms with Gasteiger partial charge in [0.25, 0.3) is 0 Å². The van der Waals surface area contributed by atoms with Crippen LogP contribution < -0.4 is 5.73 Å². The zero-order valence-corrected chi connectivity index (χ0v) is 11.4. The highest BCUT2D eigenvalue weighted by molar-refractivity contribution is 9.10. The lowest BCUT2D eigenvalue weighted by atomic mass is 10.0. The highest BCUT2D eigenvalue weighted by Crippen LogP contribution is 2.29. The van der Waals surface area contributed by atoms with Crippen molar-refractivity contribution < 1.29 is 4.39 Å². The molecule has 2 atom stereocenters. The third-order valence-corrected chi connectivity index (χ3v) is 4.94. The van der Waals surface area contributed by atoms with Crippen molar-refractivity contribution in [3.05, 3.63) is 34.1 Å². The van der Waals surface area contributed by atoms with Gasteiger partial charge in [0.05, 0.1) is 0 Å². The van der Waals surface area contributed by atoms with Crippen molar-refractivity contribution in [2.75, 3.05) is 5.75 Å². The molecule has 0 spiro atoms. The second-order valence-corrected chi connectivity index (χ2v) is 6.42. The van der Waals surface area contributed by atoms with Gasteiger partial charge in [-0.25, -0.2) is 4.39 Å². The first-order valence-corrected chi connectivity index (χ1v) is 7.32. The van der Waals surface area contributed by atoms with Crippen LogP contribution in [0.2, 0.25) is 0 Å². The third kappa shape index (κ3) is 2.99. The molecule has 0 saturated carbocycles. The first kappa shape index (κ1) is 12.4. The highest BCUT2D eigenvalue weighted by atomic mass is 79.9. The summed E-state index contributed by atoms with van der Waals surface area (Å²) in [4.78, 5) is 0. The lowest BCUT2D eigenvalue weighted by Gasteiger charge is -2.18. The normalized spacial score (nSPS) is 22.3. The van der Waals surface area contributed by atoms with Gasteiger partial charge >= 0.3 is 0 Å². The number of benzene rings is 1. The molecular formula is C12H15BrFNS. The average Bonchev–Trinajstić information content (AvgIpc) is 2.75. The molecule has 1 saturated heterocycles. The van der Waals surface area contributed by atoms with E-state index in [2.05, 4.69) is 15.9 Å². The molecule has 2 rings (SSSR count). The summed E-state index contributed by atoms with van der Waals surface area (Å²) in [5.41, 5.74) is 6.84. The molecule has 0 aliphatic carbocycles. The minimum atomic E-state index is -0.159. The fourth-order valence-electron chi connectivity index (χ4n) is 2.01. The molecule has 2 N–H and O–H groups in total. The molecule has 1 aromatic carbocycles. The number of hydrogen-bond acceptors (Lipinski definition) is 2. The summed E-state index contributed by atoms with van der Waals surface area (Å²) in [6.45, 7) is 0. The van der Waals surface area contributed by atoms with Crippen LogP contribution in [0.15, 0.2) is 22.7 Å². The van der Waals surface area contributed by atoms with Crippen LogP contribution in [0.25, 0.3) is 0 Å². The van der Waals surface area contributed by atoms with E-state index >= 15 is 0 Å². The van der Waals surface area contributed by atoms with Crippen molar-refractivity contribution in [1.29, 1.82) is 0 Å². The second kappa shape index (κ2) is 5.52. The van der Waals surface area contributed by atoms with Crippen LogP contribution in [0.4, 0.5) is 4.39 Å². The Balaban J connectivity index is 2.02. The van der Waals surface area contributed by atoms with E-state index in [0.29, 0.717) is 11.7 Å². The van der Waals surface area contributed by atoms with E-state index in [9.17, 15) is 4.39 Å². The fourth-order valence-corrected chi connectivity index (χ4v) is 3.66. The van der Waals surface area contributed by atoms with E-state index in [0.717, 1.165) is 10.0 Å². The van der Waals surface area contributed by atoms with Crippen LogP contribution in [-0.4, -0.2) is 17.0 Å². The van der Waals surface area contributed by atoms with Gasteiger partial charge in [0.2, 0.25) is 0 Å². The number of hydrogen-bond donors (Lipinski definition) is 1. The minimum Gasteiger partial charge on any atom is -0.326 e. The lowest BCUT2D eigenvalue weighted by molar-refractivity contribution is 0.566. The molecule has 0 bridgehead atoms. The van der Waals surface area contributed by atoms with Crippen molar-refractivity contribution in [1.82, 2.24) is 0 Å². The monoisotopic (exact) mass is 303 g/mol. The fraction of sp³-hybridized carbons (Fsp3) is 0.500. The third-order valence-electron chi connectivity index (χ3n) is 2.91. The van der Waals surface area contributed by atoms with E-state index in [4.69, 9.17) is 5.73 Å². The quantitative estimate of drug-likeness (QED) is 0.927. The van der Waals surface area contributed by atoms with Gasteiger partial charge < -0.3 is 5.73 Å². The van der Waals surface area contributed by atoms with Gasteiger partial charge in [-0.3, -0.25) is 0 Å². The molecule has 1 heterocycles. The molecule has 0 amide bonds. The standard InChI is InChI=1S/C12H15BrFNS/c13-9-4-3-8(10(14)7-9)6-11(15)12-2-1-5-16-12/h3-4,7,11-12H,1-2,5-6,15H2. The SMILES string of the molecule is NC(Cc1ccc(Br)cc1F)C1CCCS1. The Labute approximate surface area is 108 Å². The Bertz CT molecular complexity index is 366. The van der Waals surface area contributed by atoms with E-state index < -0.39 is 0 Å². The van der Waals surface area contributed by atoms with Gasteiger partial charge in [-0.2, -0.15) is 11.8 Å². The number of halogens is 2. The summed E-state index contributed by atoms with van der Waals surface area (Å²) in [6.07, 6.45) is 3.05. The van der Waals surface area contributed by atoms with Gasteiger partial charge in [-0.15, -0.1) is 0 Å². The molecule has 0 radical (unpaired) electrons. The van der Waals surface area contributed by atoms with Crippen LogP contribution in [0.3, 0.4) is 0 Å². The molecule has 1 fully saturated rings. The zero-order valence-electron chi connectivity index (χ0n) is 8.96. The Morgan fingerprint density at radius 1 is 1.56 bits per heavy atom. The Hall–Kier alpha value is -0.0600. The van der Waals surface area contributed by atoms with Crippen molar-refractivity contribution in [3.63, 3.8) is 0 Å². The summed E-state index contributed by atoms with van der Waals surface area (Å²) in [5.74, 6) is 1.04. The van der Waals surface area contributed by atoms with Crippen LogP contribution in [-0.2, 0) is 6.42 Å². The predicted molar refractivity (Wildman–Crippen MR) is 71.3 cm³/mol. The molecule has 16 heavy (non-hydrogen) atoms. The van der Waals surface area contributed by atoms with Gasteiger partial charge in [0.15, 0.2) is 0 Å². The van der Waals surface area contributed by atoms with Gasteiger partial charge in [0, 0.05) is 15.8 Å². The highest BCUT2D eigenvalue weighted by Gasteiger charge is 2.23. The van der Waals surface area contributed by atoms with Crippen LogP contribution in [0.1, 0.15) is 18.4 Å². The maximum atomic E-state index is 13.6. The second-order valence-electron chi connectivity index (χ2n) is 4.16. The average molecular weight is 304 g/mol. The molecular weight excluding hydrogens is 289 g/mol. The smallest absolute Gasteiger partial charge is 0.127 e. The molecule has 1 aliphatic rings. The topological polar surface area (TPSA) is 26.0 Å². The molecule has 1 nitrogen and oxygen atoms in total. The van der Waals surface area contributed by atoms with E-state index in [1.165, 1.54) is 24.7 Å². The van der Waals surface area contributed by atoms with Crippen molar-refractivity contribution >= 4 is 27.7 Å². The Morgan fingerprint density at radius 2 is 2.38 bits per heavy atom. The largest absolute Gasteiger partial charge is 0.326 e. The summed E-state index contributed by atoms with van der Waals surface area (Å²) >= 11 is 5.18. The van der Waals surface area contributed by atoms with Gasteiger partial charge in [0.1, 0.15) is 5.82 Å². The summed E-state index contributed by atoms with van der Waals surface area (Å²) in [7, 11) is 0. The number of rotatable bonds is 3. The van der Waals surface area contributed by atoms with Crippen molar-refractivity contribution in [2.24, 2.45) is 5.73 Å². The predicted octanol–water partition coefficient (Wildman–Crippen LogP) is 3.35. The number of thioether (sulfide) groups is 1. The molecule has 88 valence electrons. The first-order valence-electron chi connectivity index (χ1n) is 5.48. The van der Waals surface area contributed by atoms with Crippen molar-refractivity contribution in [2.45, 2.75) is 30.6 Å². The summed E-state index contributed by atoms with van der Waals surface area (Å²) in [6, 6.07) is 5.26. The summed E-state index contributed by atoms with van der Waals surface area (Å²) < 4.78 is 14.4. The maximum Gasteiger partial charge on any atom is 0.127 e. The zero-order chi connectivity index (χ0) is 11.5. The van der Waals surface area contributed by atoms with Gasteiger partial charge in [-0.05, 0) is 42.7 Å². The molecule has 2 unspecified atom stereocenters. The molecule has 1 aromatic rings. The van der Waals surface area contributed by atoms with E-state index in [1.54, 1.807) is 0 Å². The van der Waals surface area contributed by atoms with Crippen molar-refractivity contribution in [3.8, 4) is 0 Å². The van der Waals surface area contributed by atoms with Crippen LogP contribution in [0, 0.1) is 5.82 Å². The maximum absolute atomic E-state index is 13.6. The van der Waals surface area contributed by atoms with Crippen LogP contribution >= 0.6 is 27.7 Å². The molecule has 4 heteroatoms. The summed E-state index contributed by atoms with van der Waals surface area (Å²) in [5, 5.41) is 0.503. The van der Waals surface area contributed by atoms with E-state index in [-0.39, 0.29) is 11.9 Å². The Morgan fingerprint density at radius 3 is 3.00 bits per heavy atom. The minimum absolute atomic E-state index is 0.0724. The first-order chi connectivity index (χ1) is 7.66.